The fourth-order valence-electron chi connectivity index (χ4n) is 2.30. The Morgan fingerprint density at radius 2 is 1.85 bits per heavy atom. The average molecular weight is 336 g/mol. The van der Waals surface area contributed by atoms with Crippen molar-refractivity contribution in [3.63, 3.8) is 0 Å². The zero-order valence-electron chi connectivity index (χ0n) is 11.8. The molecule has 2 rings (SSSR count). The van der Waals surface area contributed by atoms with Crippen LogP contribution in [-0.4, -0.2) is 7.05 Å². The molecule has 106 valence electrons. The lowest BCUT2D eigenvalue weighted by molar-refractivity contribution is 0.580. The van der Waals surface area contributed by atoms with Gasteiger partial charge in [-0.15, -0.1) is 0 Å². The minimum absolute atomic E-state index is 0.180. The Hall–Kier alpha value is -1.19. The minimum Gasteiger partial charge on any atom is -0.313 e. The Kier molecular flexibility index (Phi) is 5.32. The Balaban J connectivity index is 2.21. The van der Waals surface area contributed by atoms with Gasteiger partial charge < -0.3 is 5.32 Å². The Labute approximate surface area is 128 Å². The summed E-state index contributed by atoms with van der Waals surface area (Å²) in [5.41, 5.74) is 3.53. The van der Waals surface area contributed by atoms with Gasteiger partial charge in [-0.2, -0.15) is 0 Å². The number of hydrogen-bond donors (Lipinski definition) is 1. The van der Waals surface area contributed by atoms with Crippen LogP contribution in [0.4, 0.5) is 4.39 Å². The highest BCUT2D eigenvalue weighted by Gasteiger charge is 2.13. The van der Waals surface area contributed by atoms with Crippen LogP contribution in [-0.2, 0) is 12.8 Å². The Morgan fingerprint density at radius 1 is 1.15 bits per heavy atom. The molecule has 1 unspecified atom stereocenters. The molecule has 0 aromatic heterocycles. The van der Waals surface area contributed by atoms with E-state index in [1.165, 1.54) is 17.2 Å². The normalized spacial score (nSPS) is 12.4. The molecular formula is C17H19BrFN. The third-order valence-corrected chi connectivity index (χ3v) is 4.48. The summed E-state index contributed by atoms with van der Waals surface area (Å²) in [7, 11) is 1.94. The van der Waals surface area contributed by atoms with Gasteiger partial charge in [-0.25, -0.2) is 4.39 Å². The molecule has 2 aromatic carbocycles. The van der Waals surface area contributed by atoms with Crippen molar-refractivity contribution in [2.75, 3.05) is 7.05 Å². The summed E-state index contributed by atoms with van der Waals surface area (Å²) in [5, 5.41) is 3.31. The highest BCUT2D eigenvalue weighted by molar-refractivity contribution is 9.10. The first kappa shape index (κ1) is 15.2. The summed E-state index contributed by atoms with van der Waals surface area (Å²) in [6, 6.07) is 14.0. The van der Waals surface area contributed by atoms with Gasteiger partial charge in [0.2, 0.25) is 0 Å². The van der Waals surface area contributed by atoms with Crippen LogP contribution in [0.3, 0.4) is 0 Å². The summed E-state index contributed by atoms with van der Waals surface area (Å²) in [6.45, 7) is 2.15. The Morgan fingerprint density at radius 3 is 2.45 bits per heavy atom. The highest BCUT2D eigenvalue weighted by atomic mass is 79.9. The van der Waals surface area contributed by atoms with Gasteiger partial charge in [-0.05, 0) is 58.6 Å². The largest absolute Gasteiger partial charge is 0.313 e. The molecule has 0 spiro atoms. The molecule has 0 saturated carbocycles. The number of likely N-dealkylation sites (N-methyl/N-ethyl adjacent to an activating group) is 1. The SMILES string of the molecule is CCc1ccc(C(Cc2cccc(F)c2Br)NC)cc1. The van der Waals surface area contributed by atoms with Gasteiger partial charge >= 0.3 is 0 Å². The van der Waals surface area contributed by atoms with Crippen LogP contribution in [0.25, 0.3) is 0 Å². The Bertz CT molecular complexity index is 566. The molecule has 0 aliphatic rings. The number of rotatable bonds is 5. The van der Waals surface area contributed by atoms with E-state index >= 15 is 0 Å². The third-order valence-electron chi connectivity index (χ3n) is 3.59. The second-order valence-corrected chi connectivity index (χ2v) is 5.65. The van der Waals surface area contributed by atoms with Crippen molar-refractivity contribution < 1.29 is 4.39 Å². The lowest BCUT2D eigenvalue weighted by Gasteiger charge is -2.18. The van der Waals surface area contributed by atoms with Gasteiger partial charge in [0.25, 0.3) is 0 Å². The third kappa shape index (κ3) is 3.47. The van der Waals surface area contributed by atoms with Gasteiger partial charge in [0, 0.05) is 6.04 Å². The molecule has 0 heterocycles. The van der Waals surface area contributed by atoms with Crippen molar-refractivity contribution in [1.82, 2.24) is 5.32 Å². The maximum absolute atomic E-state index is 13.6. The van der Waals surface area contributed by atoms with Crippen LogP contribution in [0.1, 0.15) is 29.7 Å². The van der Waals surface area contributed by atoms with E-state index in [0.29, 0.717) is 4.47 Å². The zero-order chi connectivity index (χ0) is 14.5. The molecule has 0 saturated heterocycles. The molecule has 0 aliphatic carbocycles. The maximum atomic E-state index is 13.6. The van der Waals surface area contributed by atoms with E-state index in [1.807, 2.05) is 13.1 Å². The van der Waals surface area contributed by atoms with Gasteiger partial charge in [-0.1, -0.05) is 43.3 Å². The topological polar surface area (TPSA) is 12.0 Å². The van der Waals surface area contributed by atoms with Gasteiger partial charge in [-0.3, -0.25) is 0 Å². The van der Waals surface area contributed by atoms with Crippen molar-refractivity contribution in [2.45, 2.75) is 25.8 Å². The van der Waals surface area contributed by atoms with E-state index in [9.17, 15) is 4.39 Å². The van der Waals surface area contributed by atoms with Crippen LogP contribution in [0.2, 0.25) is 0 Å². The second-order valence-electron chi connectivity index (χ2n) is 4.85. The first-order valence-electron chi connectivity index (χ1n) is 6.84. The lowest BCUT2D eigenvalue weighted by atomic mass is 9.97. The highest BCUT2D eigenvalue weighted by Crippen LogP contribution is 2.26. The summed E-state index contributed by atoms with van der Waals surface area (Å²) < 4.78 is 14.1. The maximum Gasteiger partial charge on any atom is 0.137 e. The number of benzene rings is 2. The first-order valence-corrected chi connectivity index (χ1v) is 7.64. The molecule has 0 radical (unpaired) electrons. The van der Waals surface area contributed by atoms with Crippen LogP contribution >= 0.6 is 15.9 Å². The fourth-order valence-corrected chi connectivity index (χ4v) is 2.72. The molecule has 0 bridgehead atoms. The summed E-state index contributed by atoms with van der Waals surface area (Å²) in [5.74, 6) is -0.210. The van der Waals surface area contributed by atoms with Crippen LogP contribution in [0, 0.1) is 5.82 Å². The van der Waals surface area contributed by atoms with Crippen molar-refractivity contribution >= 4 is 15.9 Å². The first-order chi connectivity index (χ1) is 9.65. The number of halogens is 2. The smallest absolute Gasteiger partial charge is 0.137 e. The zero-order valence-corrected chi connectivity index (χ0v) is 13.4. The van der Waals surface area contributed by atoms with E-state index in [1.54, 1.807) is 6.07 Å². The van der Waals surface area contributed by atoms with Gasteiger partial charge in [0.05, 0.1) is 4.47 Å². The van der Waals surface area contributed by atoms with Gasteiger partial charge in [0.15, 0.2) is 0 Å². The van der Waals surface area contributed by atoms with E-state index in [4.69, 9.17) is 0 Å². The van der Waals surface area contributed by atoms with E-state index < -0.39 is 0 Å². The van der Waals surface area contributed by atoms with E-state index in [2.05, 4.69) is 52.4 Å². The predicted octanol–water partition coefficient (Wildman–Crippen LogP) is 4.65. The quantitative estimate of drug-likeness (QED) is 0.838. The molecule has 2 aromatic rings. The second kappa shape index (κ2) is 7.00. The van der Waals surface area contributed by atoms with Crippen LogP contribution in [0.5, 0.6) is 0 Å². The lowest BCUT2D eigenvalue weighted by Crippen LogP contribution is -2.19. The number of nitrogens with one attached hydrogen (secondary N) is 1. The molecule has 0 amide bonds. The molecule has 1 nitrogen and oxygen atoms in total. The van der Waals surface area contributed by atoms with Crippen LogP contribution < -0.4 is 5.32 Å². The monoisotopic (exact) mass is 335 g/mol. The molecule has 0 aliphatic heterocycles. The standard InChI is InChI=1S/C17H19BrFN/c1-3-12-7-9-13(10-8-12)16(20-2)11-14-5-4-6-15(19)17(14)18/h4-10,16,20H,3,11H2,1-2H3. The predicted molar refractivity (Wildman–Crippen MR) is 85.4 cm³/mol. The molecular weight excluding hydrogens is 317 g/mol. The summed E-state index contributed by atoms with van der Waals surface area (Å²) in [4.78, 5) is 0. The van der Waals surface area contributed by atoms with E-state index in [0.717, 1.165) is 18.4 Å². The van der Waals surface area contributed by atoms with Crippen molar-refractivity contribution in [2.24, 2.45) is 0 Å². The number of hydrogen-bond acceptors (Lipinski definition) is 1. The molecule has 0 fully saturated rings. The molecule has 1 N–H and O–H groups in total. The van der Waals surface area contributed by atoms with Crippen molar-refractivity contribution in [1.29, 1.82) is 0 Å². The molecule has 3 heteroatoms. The van der Waals surface area contributed by atoms with Gasteiger partial charge in [0.1, 0.15) is 5.82 Å². The minimum atomic E-state index is -0.210. The van der Waals surface area contributed by atoms with Crippen molar-refractivity contribution in [3.05, 3.63) is 69.4 Å². The van der Waals surface area contributed by atoms with E-state index in [-0.39, 0.29) is 11.9 Å². The number of aryl methyl sites for hydroxylation is 1. The average Bonchev–Trinajstić information content (AvgIpc) is 2.49. The van der Waals surface area contributed by atoms with Crippen LogP contribution in [0.15, 0.2) is 46.9 Å². The van der Waals surface area contributed by atoms with Crippen molar-refractivity contribution in [3.8, 4) is 0 Å². The summed E-state index contributed by atoms with van der Waals surface area (Å²) >= 11 is 3.33. The fraction of sp³-hybridized carbons (Fsp3) is 0.294. The molecule has 1 atom stereocenters. The molecule has 20 heavy (non-hydrogen) atoms. The summed E-state index contributed by atoms with van der Waals surface area (Å²) in [6.07, 6.45) is 1.79.